The average Bonchev–Trinajstić information content (AvgIpc) is 2.98. The molecule has 2 rings (SSSR count). The van der Waals surface area contributed by atoms with Crippen LogP contribution in [0.15, 0.2) is 30.5 Å². The van der Waals surface area contributed by atoms with Gasteiger partial charge in [-0.2, -0.15) is 0 Å². The van der Waals surface area contributed by atoms with Gasteiger partial charge < -0.3 is 14.6 Å². The highest BCUT2D eigenvalue weighted by molar-refractivity contribution is 6.08. The number of nitrogens with one attached hydrogen (secondary N) is 1. The monoisotopic (exact) mass is 344 g/mol. The van der Waals surface area contributed by atoms with Crippen LogP contribution in [0.3, 0.4) is 0 Å². The summed E-state index contributed by atoms with van der Waals surface area (Å²) in [6.07, 6.45) is 5.28. The van der Waals surface area contributed by atoms with Gasteiger partial charge >= 0.3 is 5.97 Å². The zero-order valence-electron chi connectivity index (χ0n) is 15.5. The Morgan fingerprint density at radius 2 is 1.92 bits per heavy atom. The molecule has 0 aliphatic rings. The normalized spacial score (nSPS) is 12.4. The molecule has 1 aromatic carbocycles. The van der Waals surface area contributed by atoms with Gasteiger partial charge in [0.2, 0.25) is 0 Å². The van der Waals surface area contributed by atoms with Crippen LogP contribution in [0.1, 0.15) is 50.4 Å². The number of hydrogen-bond acceptors (Lipinski definition) is 3. The van der Waals surface area contributed by atoms with E-state index in [-0.39, 0.29) is 11.8 Å². The lowest BCUT2D eigenvalue weighted by atomic mass is 10.0. The summed E-state index contributed by atoms with van der Waals surface area (Å²) < 4.78 is 6.94. The summed E-state index contributed by atoms with van der Waals surface area (Å²) in [5.41, 5.74) is 1.64. The molecule has 0 radical (unpaired) electrons. The molecule has 1 atom stereocenters. The number of hydrogen-bond donors (Lipinski definition) is 1. The lowest BCUT2D eigenvalue weighted by Crippen LogP contribution is -2.45. The number of rotatable bonds is 8. The van der Waals surface area contributed by atoms with Crippen molar-refractivity contribution in [3.63, 3.8) is 0 Å². The van der Waals surface area contributed by atoms with Crippen molar-refractivity contribution in [3.8, 4) is 0 Å². The lowest BCUT2D eigenvalue weighted by Gasteiger charge is -2.19. The Morgan fingerprint density at radius 1 is 1.20 bits per heavy atom. The second-order valence-electron chi connectivity index (χ2n) is 6.68. The first-order valence-corrected chi connectivity index (χ1v) is 8.96. The van der Waals surface area contributed by atoms with E-state index in [0.29, 0.717) is 5.56 Å². The van der Waals surface area contributed by atoms with E-state index in [1.54, 1.807) is 0 Å². The molecule has 0 spiro atoms. The highest BCUT2D eigenvalue weighted by Gasteiger charge is 2.26. The quantitative estimate of drug-likeness (QED) is 0.586. The van der Waals surface area contributed by atoms with Crippen molar-refractivity contribution in [1.82, 2.24) is 9.88 Å². The average molecular weight is 344 g/mol. The molecule has 0 aliphatic heterocycles. The standard InChI is InChI=1S/C20H28N2O3/c1-5-6-9-12-22-13-16(15-10-7-8-11-17(15)22)19(23)21-18(14(2)3)20(24)25-4/h7-8,10-11,13-14,18H,5-6,9,12H2,1-4H3,(H,21,23). The largest absolute Gasteiger partial charge is 0.467 e. The molecule has 2 aromatic rings. The van der Waals surface area contributed by atoms with Crippen molar-refractivity contribution in [3.05, 3.63) is 36.0 Å². The fourth-order valence-electron chi connectivity index (χ4n) is 2.99. The Bertz CT molecular complexity index is 734. The Kier molecular flexibility index (Phi) is 6.62. The number of methoxy groups -OCH3 is 1. The molecule has 0 bridgehead atoms. The molecule has 1 heterocycles. The summed E-state index contributed by atoms with van der Waals surface area (Å²) in [4.78, 5) is 24.7. The van der Waals surface area contributed by atoms with Gasteiger partial charge in [0, 0.05) is 23.6 Å². The molecule has 5 heteroatoms. The van der Waals surface area contributed by atoms with Crippen LogP contribution in [-0.2, 0) is 16.1 Å². The number of aromatic nitrogens is 1. The SMILES string of the molecule is CCCCCn1cc(C(=O)NC(C(=O)OC)C(C)C)c2ccccc21. The Morgan fingerprint density at radius 3 is 2.56 bits per heavy atom. The Hall–Kier alpha value is -2.30. The molecular formula is C20H28N2O3. The van der Waals surface area contributed by atoms with Crippen LogP contribution in [0.2, 0.25) is 0 Å². The number of ether oxygens (including phenoxy) is 1. The van der Waals surface area contributed by atoms with Gasteiger partial charge in [-0.1, -0.05) is 51.8 Å². The molecule has 5 nitrogen and oxygen atoms in total. The number of para-hydroxylation sites is 1. The molecule has 1 amide bonds. The molecule has 25 heavy (non-hydrogen) atoms. The number of carbonyl (C=O) groups is 2. The van der Waals surface area contributed by atoms with Gasteiger partial charge in [0.05, 0.1) is 12.7 Å². The maximum Gasteiger partial charge on any atom is 0.328 e. The van der Waals surface area contributed by atoms with Crippen LogP contribution in [0.25, 0.3) is 10.9 Å². The van der Waals surface area contributed by atoms with Crippen molar-refractivity contribution in [2.45, 2.75) is 52.6 Å². The van der Waals surface area contributed by atoms with Gasteiger partial charge in [-0.05, 0) is 18.4 Å². The van der Waals surface area contributed by atoms with Crippen LogP contribution < -0.4 is 5.32 Å². The van der Waals surface area contributed by atoms with Crippen molar-refractivity contribution in [2.75, 3.05) is 7.11 Å². The second kappa shape index (κ2) is 8.70. The van der Waals surface area contributed by atoms with Crippen molar-refractivity contribution >= 4 is 22.8 Å². The van der Waals surface area contributed by atoms with E-state index in [9.17, 15) is 9.59 Å². The third-order valence-corrected chi connectivity index (χ3v) is 4.44. The molecule has 0 aliphatic carbocycles. The molecule has 136 valence electrons. The van der Waals surface area contributed by atoms with Gasteiger partial charge in [0.25, 0.3) is 5.91 Å². The summed E-state index contributed by atoms with van der Waals surface area (Å²) in [5, 5.41) is 3.74. The summed E-state index contributed by atoms with van der Waals surface area (Å²) >= 11 is 0. The fourth-order valence-corrected chi connectivity index (χ4v) is 2.99. The zero-order valence-corrected chi connectivity index (χ0v) is 15.5. The number of esters is 1. The number of nitrogens with zero attached hydrogens (tertiary/aromatic N) is 1. The maximum atomic E-state index is 12.8. The van der Waals surface area contributed by atoms with Gasteiger partial charge in [-0.3, -0.25) is 4.79 Å². The van der Waals surface area contributed by atoms with E-state index in [1.807, 2.05) is 44.3 Å². The van der Waals surface area contributed by atoms with E-state index in [2.05, 4.69) is 16.8 Å². The van der Waals surface area contributed by atoms with E-state index in [1.165, 1.54) is 7.11 Å². The van der Waals surface area contributed by atoms with E-state index < -0.39 is 12.0 Å². The summed E-state index contributed by atoms with van der Waals surface area (Å²) in [6, 6.07) is 7.22. The van der Waals surface area contributed by atoms with E-state index in [0.717, 1.165) is 36.7 Å². The highest BCUT2D eigenvalue weighted by Crippen LogP contribution is 2.22. The number of carbonyl (C=O) groups excluding carboxylic acids is 2. The van der Waals surface area contributed by atoms with Gasteiger partial charge in [0.15, 0.2) is 0 Å². The summed E-state index contributed by atoms with van der Waals surface area (Å²) in [6.45, 7) is 6.82. The number of unbranched alkanes of at least 4 members (excludes halogenated alkanes) is 2. The molecule has 1 unspecified atom stereocenters. The molecular weight excluding hydrogens is 316 g/mol. The number of benzene rings is 1. The van der Waals surface area contributed by atoms with Crippen LogP contribution in [0.5, 0.6) is 0 Å². The van der Waals surface area contributed by atoms with Gasteiger partial charge in [0.1, 0.15) is 6.04 Å². The van der Waals surface area contributed by atoms with Crippen LogP contribution in [0, 0.1) is 5.92 Å². The number of fused-ring (bicyclic) bond motifs is 1. The minimum absolute atomic E-state index is 0.0469. The van der Waals surface area contributed by atoms with Gasteiger partial charge in [-0.15, -0.1) is 0 Å². The van der Waals surface area contributed by atoms with E-state index >= 15 is 0 Å². The topological polar surface area (TPSA) is 60.3 Å². The second-order valence-corrected chi connectivity index (χ2v) is 6.68. The lowest BCUT2D eigenvalue weighted by molar-refractivity contribution is -0.144. The molecule has 1 N–H and O–H groups in total. The van der Waals surface area contributed by atoms with Gasteiger partial charge in [-0.25, -0.2) is 4.79 Å². The van der Waals surface area contributed by atoms with Crippen LogP contribution in [-0.4, -0.2) is 29.6 Å². The third kappa shape index (κ3) is 4.41. The highest BCUT2D eigenvalue weighted by atomic mass is 16.5. The number of aryl methyl sites for hydroxylation is 1. The van der Waals surface area contributed by atoms with E-state index in [4.69, 9.17) is 4.74 Å². The minimum atomic E-state index is -0.653. The smallest absolute Gasteiger partial charge is 0.328 e. The Labute approximate surface area is 149 Å². The third-order valence-electron chi connectivity index (χ3n) is 4.44. The van der Waals surface area contributed by atoms with Crippen molar-refractivity contribution in [1.29, 1.82) is 0 Å². The summed E-state index contributed by atoms with van der Waals surface area (Å²) in [5.74, 6) is -0.709. The summed E-state index contributed by atoms with van der Waals surface area (Å²) in [7, 11) is 1.34. The first-order valence-electron chi connectivity index (χ1n) is 8.96. The minimum Gasteiger partial charge on any atom is -0.467 e. The van der Waals surface area contributed by atoms with Crippen LogP contribution >= 0.6 is 0 Å². The predicted octanol–water partition coefficient (Wildman–Crippen LogP) is 3.76. The van der Waals surface area contributed by atoms with Crippen LogP contribution in [0.4, 0.5) is 0 Å². The van der Waals surface area contributed by atoms with Crippen molar-refractivity contribution < 1.29 is 14.3 Å². The molecule has 0 fully saturated rings. The fraction of sp³-hybridized carbons (Fsp3) is 0.500. The Balaban J connectivity index is 2.29. The molecule has 1 aromatic heterocycles. The molecule has 0 saturated heterocycles. The maximum absolute atomic E-state index is 12.8. The number of amides is 1. The first-order chi connectivity index (χ1) is 12.0. The van der Waals surface area contributed by atoms with Crippen molar-refractivity contribution in [2.24, 2.45) is 5.92 Å². The zero-order chi connectivity index (χ0) is 18.4. The first kappa shape index (κ1) is 19.0. The molecule has 0 saturated carbocycles. The predicted molar refractivity (Wildman–Crippen MR) is 99.6 cm³/mol.